The Labute approximate surface area is 120 Å². The summed E-state index contributed by atoms with van der Waals surface area (Å²) >= 11 is 0. The second-order valence-electron chi connectivity index (χ2n) is 4.74. The SMILES string of the molecule is Cc1cnc(COc2ccc(C(F)(F)F)cc2)c(C)c1N. The largest absolute Gasteiger partial charge is 0.487 e. The number of alkyl halides is 3. The highest BCUT2D eigenvalue weighted by Crippen LogP contribution is 2.30. The highest BCUT2D eigenvalue weighted by Gasteiger charge is 2.30. The maximum atomic E-state index is 12.4. The highest BCUT2D eigenvalue weighted by molar-refractivity contribution is 5.53. The number of hydrogen-bond donors (Lipinski definition) is 1. The van der Waals surface area contributed by atoms with E-state index in [1.165, 1.54) is 12.1 Å². The fourth-order valence-electron chi connectivity index (χ4n) is 1.83. The van der Waals surface area contributed by atoms with E-state index in [4.69, 9.17) is 10.5 Å². The van der Waals surface area contributed by atoms with Crippen LogP contribution in [0.25, 0.3) is 0 Å². The maximum absolute atomic E-state index is 12.4. The zero-order chi connectivity index (χ0) is 15.6. The lowest BCUT2D eigenvalue weighted by Gasteiger charge is -2.12. The van der Waals surface area contributed by atoms with E-state index in [9.17, 15) is 13.2 Å². The number of nitrogens with two attached hydrogens (primary N) is 1. The van der Waals surface area contributed by atoms with Crippen molar-refractivity contribution in [3.63, 3.8) is 0 Å². The van der Waals surface area contributed by atoms with Gasteiger partial charge in [-0.2, -0.15) is 13.2 Å². The molecular weight excluding hydrogens is 281 g/mol. The predicted molar refractivity (Wildman–Crippen MR) is 73.9 cm³/mol. The smallest absolute Gasteiger partial charge is 0.416 e. The van der Waals surface area contributed by atoms with Crippen LogP contribution in [0.4, 0.5) is 18.9 Å². The highest BCUT2D eigenvalue weighted by atomic mass is 19.4. The average molecular weight is 296 g/mol. The first-order valence-electron chi connectivity index (χ1n) is 6.29. The fourth-order valence-corrected chi connectivity index (χ4v) is 1.83. The van der Waals surface area contributed by atoms with Crippen LogP contribution >= 0.6 is 0 Å². The molecule has 0 amide bonds. The average Bonchev–Trinajstić information content (AvgIpc) is 2.43. The van der Waals surface area contributed by atoms with E-state index in [2.05, 4.69) is 4.98 Å². The summed E-state index contributed by atoms with van der Waals surface area (Å²) < 4.78 is 42.8. The minimum Gasteiger partial charge on any atom is -0.487 e. The molecule has 0 radical (unpaired) electrons. The van der Waals surface area contributed by atoms with Crippen LogP contribution in [0.1, 0.15) is 22.4 Å². The minimum absolute atomic E-state index is 0.154. The molecule has 1 aromatic carbocycles. The van der Waals surface area contributed by atoms with Gasteiger partial charge in [-0.25, -0.2) is 0 Å². The summed E-state index contributed by atoms with van der Waals surface area (Å²) in [5.41, 5.74) is 8.21. The molecule has 112 valence electrons. The molecule has 0 aliphatic carbocycles. The third-order valence-corrected chi connectivity index (χ3v) is 3.23. The molecule has 0 unspecified atom stereocenters. The van der Waals surface area contributed by atoms with Crippen LogP contribution < -0.4 is 10.5 Å². The van der Waals surface area contributed by atoms with Crippen LogP contribution in [0.15, 0.2) is 30.5 Å². The van der Waals surface area contributed by atoms with Crippen molar-refractivity contribution in [1.29, 1.82) is 0 Å². The van der Waals surface area contributed by atoms with Crippen molar-refractivity contribution in [2.24, 2.45) is 0 Å². The molecule has 0 aliphatic heterocycles. The number of aryl methyl sites for hydroxylation is 1. The number of anilines is 1. The van der Waals surface area contributed by atoms with Gasteiger partial charge in [-0.3, -0.25) is 4.98 Å². The second kappa shape index (κ2) is 5.63. The molecule has 2 aromatic rings. The Morgan fingerprint density at radius 1 is 1.14 bits per heavy atom. The van der Waals surface area contributed by atoms with Gasteiger partial charge in [0.2, 0.25) is 0 Å². The molecule has 2 N–H and O–H groups in total. The van der Waals surface area contributed by atoms with Gasteiger partial charge in [0.05, 0.1) is 11.3 Å². The number of halogens is 3. The summed E-state index contributed by atoms with van der Waals surface area (Å²) in [6, 6.07) is 4.55. The van der Waals surface area contributed by atoms with Gasteiger partial charge in [-0.1, -0.05) is 0 Å². The Hall–Kier alpha value is -2.24. The Balaban J connectivity index is 2.09. The van der Waals surface area contributed by atoms with E-state index in [0.717, 1.165) is 23.3 Å². The van der Waals surface area contributed by atoms with E-state index >= 15 is 0 Å². The summed E-state index contributed by atoms with van der Waals surface area (Å²) in [7, 11) is 0. The van der Waals surface area contributed by atoms with E-state index in [0.29, 0.717) is 17.1 Å². The second-order valence-corrected chi connectivity index (χ2v) is 4.74. The first-order valence-corrected chi connectivity index (χ1v) is 6.29. The van der Waals surface area contributed by atoms with E-state index in [-0.39, 0.29) is 6.61 Å². The number of nitrogen functional groups attached to an aromatic ring is 1. The third-order valence-electron chi connectivity index (χ3n) is 3.23. The van der Waals surface area contributed by atoms with Gasteiger partial charge in [0.1, 0.15) is 12.4 Å². The van der Waals surface area contributed by atoms with Gasteiger partial charge in [0.25, 0.3) is 0 Å². The van der Waals surface area contributed by atoms with Crippen LogP contribution in [0.5, 0.6) is 5.75 Å². The van der Waals surface area contributed by atoms with Crippen molar-refractivity contribution < 1.29 is 17.9 Å². The number of nitrogens with zero attached hydrogens (tertiary/aromatic N) is 1. The van der Waals surface area contributed by atoms with E-state index < -0.39 is 11.7 Å². The van der Waals surface area contributed by atoms with Crippen molar-refractivity contribution in [1.82, 2.24) is 4.98 Å². The van der Waals surface area contributed by atoms with Crippen molar-refractivity contribution in [3.8, 4) is 5.75 Å². The van der Waals surface area contributed by atoms with E-state index in [1.807, 2.05) is 13.8 Å². The topological polar surface area (TPSA) is 48.1 Å². The zero-order valence-electron chi connectivity index (χ0n) is 11.7. The van der Waals surface area contributed by atoms with Crippen LogP contribution in [0.3, 0.4) is 0 Å². The van der Waals surface area contributed by atoms with Gasteiger partial charge in [0, 0.05) is 11.9 Å². The summed E-state index contributed by atoms with van der Waals surface area (Å²) in [6.45, 7) is 3.85. The normalized spacial score (nSPS) is 11.5. The van der Waals surface area contributed by atoms with E-state index in [1.54, 1.807) is 6.20 Å². The number of rotatable bonds is 3. The molecule has 3 nitrogen and oxygen atoms in total. The van der Waals surface area contributed by atoms with Crippen LogP contribution in [-0.4, -0.2) is 4.98 Å². The van der Waals surface area contributed by atoms with Crippen molar-refractivity contribution >= 4 is 5.69 Å². The number of benzene rings is 1. The molecule has 0 aliphatic rings. The first kappa shape index (κ1) is 15.2. The van der Waals surface area contributed by atoms with Crippen molar-refractivity contribution in [2.45, 2.75) is 26.6 Å². The molecule has 0 atom stereocenters. The lowest BCUT2D eigenvalue weighted by atomic mass is 10.1. The first-order chi connectivity index (χ1) is 9.79. The van der Waals surface area contributed by atoms with Gasteiger partial charge in [-0.15, -0.1) is 0 Å². The van der Waals surface area contributed by atoms with Crippen LogP contribution in [-0.2, 0) is 12.8 Å². The summed E-state index contributed by atoms with van der Waals surface area (Å²) in [4.78, 5) is 4.23. The van der Waals surface area contributed by atoms with Gasteiger partial charge in [0.15, 0.2) is 0 Å². The quantitative estimate of drug-likeness (QED) is 0.935. The summed E-state index contributed by atoms with van der Waals surface area (Å²) in [5, 5.41) is 0. The standard InChI is InChI=1S/C15H15F3N2O/c1-9-7-20-13(10(2)14(9)19)8-21-12-5-3-11(4-6-12)15(16,17)18/h3-7H,8H2,1-2H3,(H2,19,20). The summed E-state index contributed by atoms with van der Waals surface area (Å²) in [6.07, 6.45) is -2.70. The Morgan fingerprint density at radius 3 is 2.33 bits per heavy atom. The minimum atomic E-state index is -4.35. The van der Waals surface area contributed by atoms with Crippen LogP contribution in [0.2, 0.25) is 0 Å². The lowest BCUT2D eigenvalue weighted by molar-refractivity contribution is -0.137. The number of aromatic nitrogens is 1. The molecule has 0 saturated carbocycles. The molecule has 0 saturated heterocycles. The number of hydrogen-bond acceptors (Lipinski definition) is 3. The zero-order valence-corrected chi connectivity index (χ0v) is 11.7. The number of pyridine rings is 1. The Kier molecular flexibility index (Phi) is 4.06. The summed E-state index contributed by atoms with van der Waals surface area (Å²) in [5.74, 6) is 0.350. The third kappa shape index (κ3) is 3.45. The molecule has 0 bridgehead atoms. The Bertz CT molecular complexity index is 637. The molecule has 1 aromatic heterocycles. The van der Waals surface area contributed by atoms with Crippen LogP contribution in [0, 0.1) is 13.8 Å². The van der Waals surface area contributed by atoms with Gasteiger partial charge >= 0.3 is 6.18 Å². The lowest BCUT2D eigenvalue weighted by Crippen LogP contribution is -2.06. The predicted octanol–water partition coefficient (Wildman–Crippen LogP) is 3.88. The number of ether oxygens (including phenoxy) is 1. The molecule has 0 spiro atoms. The van der Waals surface area contributed by atoms with Crippen molar-refractivity contribution in [3.05, 3.63) is 52.8 Å². The monoisotopic (exact) mass is 296 g/mol. The van der Waals surface area contributed by atoms with Crippen molar-refractivity contribution in [2.75, 3.05) is 5.73 Å². The Morgan fingerprint density at radius 2 is 1.76 bits per heavy atom. The molecule has 1 heterocycles. The molecule has 6 heteroatoms. The maximum Gasteiger partial charge on any atom is 0.416 e. The van der Waals surface area contributed by atoms with Gasteiger partial charge in [-0.05, 0) is 49.2 Å². The fraction of sp³-hybridized carbons (Fsp3) is 0.267. The molecule has 0 fully saturated rings. The molecule has 21 heavy (non-hydrogen) atoms. The molecular formula is C15H15F3N2O. The van der Waals surface area contributed by atoms with Gasteiger partial charge < -0.3 is 10.5 Å². The molecule has 2 rings (SSSR count).